The fourth-order valence-electron chi connectivity index (χ4n) is 1.93. The molecule has 1 aromatic rings. The molecule has 0 saturated carbocycles. The molecule has 110 valence electrons. The second kappa shape index (κ2) is 7.43. The van der Waals surface area contributed by atoms with Crippen molar-refractivity contribution >= 4 is 27.9 Å². The molecule has 0 aliphatic carbocycles. The molecule has 1 rings (SSSR count). The molecule has 0 spiro atoms. The molecule has 0 radical (unpaired) electrons. The molecule has 0 aliphatic rings. The fraction of sp³-hybridized carbons (Fsp3) is 0.467. The Bertz CT molecular complexity index is 499. The van der Waals surface area contributed by atoms with E-state index in [4.69, 9.17) is 4.74 Å². The van der Waals surface area contributed by atoms with E-state index in [2.05, 4.69) is 15.9 Å². The molecule has 2 unspecified atom stereocenters. The number of benzene rings is 1. The zero-order chi connectivity index (χ0) is 15.3. The Kier molecular flexibility index (Phi) is 6.20. The number of aliphatic carboxylic acids is 1. The molecule has 5 heteroatoms. The monoisotopic (exact) mass is 342 g/mol. The highest BCUT2D eigenvalue weighted by Crippen LogP contribution is 2.29. The summed E-state index contributed by atoms with van der Waals surface area (Å²) in [6, 6.07) is 5.23. The Hall–Kier alpha value is -1.36. The van der Waals surface area contributed by atoms with Crippen molar-refractivity contribution in [2.24, 2.45) is 0 Å². The number of halogens is 1. The number of ether oxygens (including phenoxy) is 1. The van der Waals surface area contributed by atoms with Gasteiger partial charge in [0.05, 0.1) is 6.10 Å². The summed E-state index contributed by atoms with van der Waals surface area (Å²) in [6.45, 7) is 5.55. The number of rotatable bonds is 6. The van der Waals surface area contributed by atoms with Gasteiger partial charge in [0, 0.05) is 4.47 Å². The first-order valence-corrected chi connectivity index (χ1v) is 7.42. The van der Waals surface area contributed by atoms with Gasteiger partial charge in [-0.2, -0.15) is 0 Å². The summed E-state index contributed by atoms with van der Waals surface area (Å²) >= 11 is 3.39. The standard InChI is InChI=1S/C15H19BrO4/c1-4-9(3)20-15(19)13(14(17)18)11-7-6-8-12(16)10(11)5-2/h6-9,13H,4-5H2,1-3H3,(H,17,18). The molecule has 1 N–H and O–H groups in total. The maximum atomic E-state index is 12.1. The Labute approximate surface area is 127 Å². The van der Waals surface area contributed by atoms with Crippen molar-refractivity contribution in [3.63, 3.8) is 0 Å². The molecule has 0 saturated heterocycles. The molecular weight excluding hydrogens is 324 g/mol. The first kappa shape index (κ1) is 16.7. The fourth-order valence-corrected chi connectivity index (χ4v) is 2.59. The zero-order valence-electron chi connectivity index (χ0n) is 11.9. The summed E-state index contributed by atoms with van der Waals surface area (Å²) in [4.78, 5) is 23.6. The van der Waals surface area contributed by atoms with Crippen molar-refractivity contribution in [2.45, 2.75) is 45.6 Å². The van der Waals surface area contributed by atoms with E-state index in [0.717, 1.165) is 10.0 Å². The molecule has 1 aromatic carbocycles. The van der Waals surface area contributed by atoms with Crippen molar-refractivity contribution in [3.8, 4) is 0 Å². The lowest BCUT2D eigenvalue weighted by Crippen LogP contribution is -2.27. The molecule has 0 bridgehead atoms. The number of esters is 1. The summed E-state index contributed by atoms with van der Waals surface area (Å²) in [5.41, 5.74) is 1.31. The van der Waals surface area contributed by atoms with Gasteiger partial charge in [-0.1, -0.05) is 41.9 Å². The van der Waals surface area contributed by atoms with Gasteiger partial charge in [-0.05, 0) is 37.0 Å². The average molecular weight is 343 g/mol. The molecule has 0 amide bonds. The van der Waals surface area contributed by atoms with Crippen LogP contribution in [0.5, 0.6) is 0 Å². The topological polar surface area (TPSA) is 63.6 Å². The van der Waals surface area contributed by atoms with Crippen LogP contribution in [0.1, 0.15) is 44.2 Å². The normalized spacial score (nSPS) is 13.6. The van der Waals surface area contributed by atoms with Gasteiger partial charge in [0.25, 0.3) is 0 Å². The third-order valence-corrected chi connectivity index (χ3v) is 3.94. The van der Waals surface area contributed by atoms with Gasteiger partial charge < -0.3 is 9.84 Å². The van der Waals surface area contributed by atoms with Crippen LogP contribution in [0.15, 0.2) is 22.7 Å². The number of hydrogen-bond donors (Lipinski definition) is 1. The van der Waals surface area contributed by atoms with Crippen molar-refractivity contribution in [1.29, 1.82) is 0 Å². The number of carbonyl (C=O) groups excluding carboxylic acids is 1. The van der Waals surface area contributed by atoms with Crippen LogP contribution < -0.4 is 0 Å². The van der Waals surface area contributed by atoms with Gasteiger partial charge in [-0.3, -0.25) is 9.59 Å². The maximum Gasteiger partial charge on any atom is 0.325 e. The summed E-state index contributed by atoms with van der Waals surface area (Å²) < 4.78 is 5.99. The minimum atomic E-state index is -1.28. The molecule has 20 heavy (non-hydrogen) atoms. The van der Waals surface area contributed by atoms with Gasteiger partial charge in [-0.25, -0.2) is 0 Å². The largest absolute Gasteiger partial charge is 0.480 e. The highest BCUT2D eigenvalue weighted by molar-refractivity contribution is 9.10. The predicted octanol–water partition coefficient (Wildman–Crippen LogP) is 3.52. The van der Waals surface area contributed by atoms with Crippen molar-refractivity contribution in [3.05, 3.63) is 33.8 Å². The maximum absolute atomic E-state index is 12.1. The summed E-state index contributed by atoms with van der Waals surface area (Å²) in [5, 5.41) is 9.38. The number of carbonyl (C=O) groups is 2. The van der Waals surface area contributed by atoms with Gasteiger partial charge in [0.2, 0.25) is 0 Å². The van der Waals surface area contributed by atoms with E-state index in [0.29, 0.717) is 18.4 Å². The highest BCUT2D eigenvalue weighted by atomic mass is 79.9. The third kappa shape index (κ3) is 3.82. The molecule has 4 nitrogen and oxygen atoms in total. The van der Waals surface area contributed by atoms with Crippen molar-refractivity contribution in [1.82, 2.24) is 0 Å². The molecule has 0 heterocycles. The Morgan fingerprint density at radius 3 is 2.50 bits per heavy atom. The van der Waals surface area contributed by atoms with E-state index in [9.17, 15) is 14.7 Å². The van der Waals surface area contributed by atoms with Gasteiger partial charge in [-0.15, -0.1) is 0 Å². The lowest BCUT2D eigenvalue weighted by atomic mass is 9.93. The number of carboxylic acid groups (broad SMARTS) is 1. The minimum absolute atomic E-state index is 0.290. The summed E-state index contributed by atoms with van der Waals surface area (Å²) in [7, 11) is 0. The van der Waals surface area contributed by atoms with Crippen molar-refractivity contribution in [2.75, 3.05) is 0 Å². The molecule has 0 aliphatic heterocycles. The molecule has 2 atom stereocenters. The highest BCUT2D eigenvalue weighted by Gasteiger charge is 2.32. The van der Waals surface area contributed by atoms with Crippen LogP contribution in [0.2, 0.25) is 0 Å². The SMILES string of the molecule is CCc1c(Br)cccc1C(C(=O)O)C(=O)OC(C)CC. The van der Waals surface area contributed by atoms with Crippen LogP contribution in [-0.4, -0.2) is 23.1 Å². The lowest BCUT2D eigenvalue weighted by molar-refractivity contribution is -0.157. The van der Waals surface area contributed by atoms with E-state index in [-0.39, 0.29) is 6.10 Å². The van der Waals surface area contributed by atoms with Crippen LogP contribution >= 0.6 is 15.9 Å². The Morgan fingerprint density at radius 2 is 2.00 bits per heavy atom. The van der Waals surface area contributed by atoms with Crippen LogP contribution in [-0.2, 0) is 20.7 Å². The summed E-state index contributed by atoms with van der Waals surface area (Å²) in [5.74, 6) is -3.18. The Balaban J connectivity index is 3.18. The first-order chi connectivity index (χ1) is 9.42. The number of carboxylic acids is 1. The van der Waals surface area contributed by atoms with E-state index >= 15 is 0 Å². The zero-order valence-corrected chi connectivity index (χ0v) is 13.4. The van der Waals surface area contributed by atoms with Gasteiger partial charge >= 0.3 is 11.9 Å². The predicted molar refractivity (Wildman–Crippen MR) is 79.7 cm³/mol. The number of hydrogen-bond acceptors (Lipinski definition) is 3. The Morgan fingerprint density at radius 1 is 1.35 bits per heavy atom. The molecule has 0 aromatic heterocycles. The molecular formula is C15H19BrO4. The van der Waals surface area contributed by atoms with E-state index < -0.39 is 17.9 Å². The third-order valence-electron chi connectivity index (χ3n) is 3.19. The lowest BCUT2D eigenvalue weighted by Gasteiger charge is -2.19. The quantitative estimate of drug-likeness (QED) is 0.634. The van der Waals surface area contributed by atoms with Crippen LogP contribution in [0.4, 0.5) is 0 Å². The van der Waals surface area contributed by atoms with Crippen LogP contribution in [0.3, 0.4) is 0 Å². The summed E-state index contributed by atoms with van der Waals surface area (Å²) in [6.07, 6.45) is 0.996. The smallest absolute Gasteiger partial charge is 0.325 e. The molecule has 0 fully saturated rings. The van der Waals surface area contributed by atoms with Gasteiger partial charge in [0.1, 0.15) is 0 Å². The van der Waals surface area contributed by atoms with Crippen molar-refractivity contribution < 1.29 is 19.4 Å². The van der Waals surface area contributed by atoms with E-state index in [1.165, 1.54) is 0 Å². The van der Waals surface area contributed by atoms with Gasteiger partial charge in [0.15, 0.2) is 5.92 Å². The van der Waals surface area contributed by atoms with Crippen LogP contribution in [0, 0.1) is 0 Å². The first-order valence-electron chi connectivity index (χ1n) is 6.62. The second-order valence-corrected chi connectivity index (χ2v) is 5.44. The second-order valence-electron chi connectivity index (χ2n) is 4.59. The average Bonchev–Trinajstić information content (AvgIpc) is 2.38. The minimum Gasteiger partial charge on any atom is -0.480 e. The van der Waals surface area contributed by atoms with Crippen LogP contribution in [0.25, 0.3) is 0 Å². The van der Waals surface area contributed by atoms with E-state index in [1.54, 1.807) is 19.1 Å². The van der Waals surface area contributed by atoms with E-state index in [1.807, 2.05) is 19.9 Å².